The fourth-order valence-electron chi connectivity index (χ4n) is 10.0. The first-order chi connectivity index (χ1) is 27.9. The monoisotopic (exact) mass is 800 g/mol. The molecule has 10 heteroatoms. The van der Waals surface area contributed by atoms with Gasteiger partial charge in [0.15, 0.2) is 17.5 Å². The van der Waals surface area contributed by atoms with Gasteiger partial charge in [-0.1, -0.05) is 72.3 Å². The van der Waals surface area contributed by atoms with Gasteiger partial charge in [-0.3, -0.25) is 4.99 Å². The number of rotatable bonds is 18. The van der Waals surface area contributed by atoms with Crippen LogP contribution >= 0.6 is 0 Å². The third-order valence-electron chi connectivity index (χ3n) is 13.0. The summed E-state index contributed by atoms with van der Waals surface area (Å²) in [6.45, 7) is 9.42. The maximum absolute atomic E-state index is 12.0. The zero-order valence-corrected chi connectivity index (χ0v) is 35.5. The molecule has 0 unspecified atom stereocenters. The third kappa shape index (κ3) is 9.99. The van der Waals surface area contributed by atoms with Crippen molar-refractivity contribution in [3.05, 3.63) is 64.2 Å². The number of aliphatic hydroxyl groups excluding tert-OH is 2. The fraction of sp³-hybridized carbons (Fsp3) is 0.604. The lowest BCUT2D eigenvalue weighted by Crippen LogP contribution is -2.39. The van der Waals surface area contributed by atoms with Gasteiger partial charge in [0.25, 0.3) is 0 Å². The Bertz CT molecular complexity index is 1870. The van der Waals surface area contributed by atoms with Crippen LogP contribution in [-0.2, 0) is 19.3 Å². The zero-order chi connectivity index (χ0) is 41.5. The molecule has 0 spiro atoms. The zero-order valence-electron chi connectivity index (χ0n) is 35.5. The topological polar surface area (TPSA) is 173 Å². The van der Waals surface area contributed by atoms with Crippen molar-refractivity contribution >= 4 is 5.96 Å². The van der Waals surface area contributed by atoms with Crippen LogP contribution < -0.4 is 25.7 Å². The molecule has 2 aliphatic carbocycles. The molecule has 318 valence electrons. The second-order valence-corrected chi connectivity index (χ2v) is 17.8. The van der Waals surface area contributed by atoms with E-state index >= 15 is 0 Å². The minimum atomic E-state index is -0.861. The number of nitrogens with two attached hydrogens (primary N) is 2. The number of hydrogen-bond donors (Lipinski definition) is 6. The third-order valence-corrected chi connectivity index (χ3v) is 13.0. The molecule has 1 saturated carbocycles. The van der Waals surface area contributed by atoms with Gasteiger partial charge < -0.3 is 46.1 Å². The minimum Gasteiger partial charge on any atom is -0.508 e. The van der Waals surface area contributed by atoms with Crippen molar-refractivity contribution in [2.24, 2.45) is 40.1 Å². The Morgan fingerprint density at radius 3 is 2.47 bits per heavy atom. The highest BCUT2D eigenvalue weighted by atomic mass is 16.5. The van der Waals surface area contributed by atoms with Crippen LogP contribution in [0.5, 0.6) is 28.7 Å². The van der Waals surface area contributed by atoms with Crippen molar-refractivity contribution in [3.8, 4) is 39.9 Å². The lowest BCUT2D eigenvalue weighted by Gasteiger charge is -2.38. The maximum Gasteiger partial charge on any atom is 0.185 e. The molecule has 8 N–H and O–H groups in total. The first-order valence-corrected chi connectivity index (χ1v) is 22.0. The first-order valence-electron chi connectivity index (χ1n) is 22.0. The molecule has 0 aromatic heterocycles. The van der Waals surface area contributed by atoms with Gasteiger partial charge in [-0.15, -0.1) is 0 Å². The van der Waals surface area contributed by atoms with Crippen LogP contribution in [0, 0.1) is 23.7 Å². The number of aliphatic hydroxyl groups is 2. The highest BCUT2D eigenvalue weighted by molar-refractivity contribution is 5.83. The van der Waals surface area contributed by atoms with Crippen LogP contribution in [0.3, 0.4) is 0 Å². The Balaban J connectivity index is 1.32. The molecule has 0 amide bonds. The summed E-state index contributed by atoms with van der Waals surface area (Å²) in [5.74, 6) is 3.38. The van der Waals surface area contributed by atoms with E-state index in [2.05, 4.69) is 38.8 Å². The molecule has 1 aliphatic heterocycles. The van der Waals surface area contributed by atoms with Gasteiger partial charge >= 0.3 is 0 Å². The highest BCUT2D eigenvalue weighted by Gasteiger charge is 2.39. The molecule has 7 atom stereocenters. The second kappa shape index (κ2) is 19.7. The van der Waals surface area contributed by atoms with E-state index in [1.807, 2.05) is 12.1 Å². The average molecular weight is 800 g/mol. The van der Waals surface area contributed by atoms with E-state index < -0.39 is 12.2 Å². The molecule has 0 bridgehead atoms. The van der Waals surface area contributed by atoms with Gasteiger partial charge in [0.05, 0.1) is 13.2 Å². The number of unbranched alkanes of at least 4 members (excludes halogenated alkanes) is 2. The number of benzene rings is 3. The summed E-state index contributed by atoms with van der Waals surface area (Å²) in [5, 5.41) is 44.4. The van der Waals surface area contributed by atoms with E-state index in [9.17, 15) is 20.4 Å². The molecule has 1 heterocycles. The molecule has 10 nitrogen and oxygen atoms in total. The molecule has 3 aliphatic rings. The lowest BCUT2D eigenvalue weighted by molar-refractivity contribution is 0.0169. The van der Waals surface area contributed by atoms with Crippen LogP contribution in [0.25, 0.3) is 11.1 Å². The molecule has 58 heavy (non-hydrogen) atoms. The number of hydrogen-bond acceptors (Lipinski definition) is 8. The molecule has 1 fully saturated rings. The summed E-state index contributed by atoms with van der Waals surface area (Å²) in [6, 6.07) is 11.3. The number of methoxy groups -OCH3 is 1. The first kappa shape index (κ1) is 43.4. The largest absolute Gasteiger partial charge is 0.508 e. The van der Waals surface area contributed by atoms with Crippen molar-refractivity contribution in [3.63, 3.8) is 0 Å². The summed E-state index contributed by atoms with van der Waals surface area (Å²) in [5.41, 5.74) is 18.3. The molecule has 3 aromatic rings. The Morgan fingerprint density at radius 2 is 1.74 bits per heavy atom. The lowest BCUT2D eigenvalue weighted by atomic mass is 9.72. The van der Waals surface area contributed by atoms with E-state index in [-0.39, 0.29) is 42.2 Å². The van der Waals surface area contributed by atoms with Gasteiger partial charge in [-0.2, -0.15) is 0 Å². The summed E-state index contributed by atoms with van der Waals surface area (Å²) < 4.78 is 19.6. The van der Waals surface area contributed by atoms with Gasteiger partial charge in [-0.05, 0) is 121 Å². The second-order valence-electron chi connectivity index (χ2n) is 17.8. The Labute approximate surface area is 346 Å². The number of ether oxygens (including phenoxy) is 3. The Kier molecular flexibility index (Phi) is 14.8. The van der Waals surface area contributed by atoms with Crippen molar-refractivity contribution in [2.75, 3.05) is 20.3 Å². The summed E-state index contributed by atoms with van der Waals surface area (Å²) >= 11 is 0. The number of aromatic hydroxyl groups is 2. The van der Waals surface area contributed by atoms with E-state index in [0.29, 0.717) is 54.0 Å². The maximum atomic E-state index is 12.0. The standard InChI is InChI=1S/C48H69N3O7/c1-6-7-8-11-29(4)12-9-13-30-21-33-23-39(54)34(20-28(2)3)22-36(33)46-44(56-5)26-42-37(45(30)46)25-40(55)47(58-42)31-16-17-38(53)43(24-31)57-41-15-10-14-32(27-52)35(41)18-19-51-48(49)50/h16-17,22-24,26,28-30,32,35,40-41,47,52-55H,6-15,18-21,25,27H2,1-5H3,(H4,49,50,51)/t29-,30-,32-,35-,40+,41-,47-/m0/s1. The van der Waals surface area contributed by atoms with Crippen molar-refractivity contribution in [1.29, 1.82) is 0 Å². The van der Waals surface area contributed by atoms with Gasteiger partial charge in [0, 0.05) is 42.7 Å². The van der Waals surface area contributed by atoms with Crippen LogP contribution in [-0.4, -0.2) is 58.9 Å². The van der Waals surface area contributed by atoms with Crippen LogP contribution in [0.2, 0.25) is 0 Å². The van der Waals surface area contributed by atoms with Crippen molar-refractivity contribution in [1.82, 2.24) is 0 Å². The Hall–Kier alpha value is -4.15. The van der Waals surface area contributed by atoms with Crippen LogP contribution in [0.4, 0.5) is 0 Å². The average Bonchev–Trinajstić information content (AvgIpc) is 3.18. The Morgan fingerprint density at radius 1 is 0.948 bits per heavy atom. The molecule has 6 rings (SSSR count). The molecular weight excluding hydrogens is 731 g/mol. The minimum absolute atomic E-state index is 0.000268. The number of nitrogens with zero attached hydrogens (tertiary/aromatic N) is 1. The van der Waals surface area contributed by atoms with E-state index in [4.69, 9.17) is 25.7 Å². The number of phenols is 2. The molecule has 0 radical (unpaired) electrons. The van der Waals surface area contributed by atoms with E-state index in [0.717, 1.165) is 84.9 Å². The van der Waals surface area contributed by atoms with Gasteiger partial charge in [0.1, 0.15) is 29.5 Å². The van der Waals surface area contributed by atoms with Crippen molar-refractivity contribution in [2.45, 2.75) is 142 Å². The highest BCUT2D eigenvalue weighted by Crippen LogP contribution is 2.54. The number of phenolic OH excluding ortho intramolecular Hbond substituents is 2. The van der Waals surface area contributed by atoms with Crippen LogP contribution in [0.15, 0.2) is 41.4 Å². The SMILES string of the molecule is CCCCC[C@H](C)CCC[C@H]1Cc2cc(O)c(CC(C)C)cc2-c2c(OC)cc3c(c21)C[C@@H](O)[C@H](c1ccc(O)c(O[C@H]2CCC[C@@H](CO)[C@@H]2CCN=C(N)N)c1)O3. The fourth-order valence-corrected chi connectivity index (χ4v) is 10.0. The normalized spacial score (nSPS) is 23.0. The smallest absolute Gasteiger partial charge is 0.185 e. The van der Waals surface area contributed by atoms with Gasteiger partial charge in [0.2, 0.25) is 0 Å². The van der Waals surface area contributed by atoms with Crippen molar-refractivity contribution < 1.29 is 34.6 Å². The summed E-state index contributed by atoms with van der Waals surface area (Å²) in [6.07, 6.45) is 11.6. The van der Waals surface area contributed by atoms with Gasteiger partial charge in [-0.25, -0.2) is 0 Å². The number of fused-ring (bicyclic) bond motifs is 5. The summed E-state index contributed by atoms with van der Waals surface area (Å²) in [4.78, 5) is 4.18. The number of guanidine groups is 1. The van der Waals surface area contributed by atoms with E-state index in [1.54, 1.807) is 25.3 Å². The van der Waals surface area contributed by atoms with Crippen LogP contribution in [0.1, 0.15) is 138 Å². The summed E-state index contributed by atoms with van der Waals surface area (Å²) in [7, 11) is 1.70. The number of aliphatic imine (C=N–C) groups is 1. The predicted octanol–water partition coefficient (Wildman–Crippen LogP) is 8.85. The molecule has 3 aromatic carbocycles. The quantitative estimate of drug-likeness (QED) is 0.0418. The molecular formula is C48H69N3O7. The van der Waals surface area contributed by atoms with E-state index in [1.165, 1.54) is 31.2 Å². The molecule has 0 saturated heterocycles. The predicted molar refractivity (Wildman–Crippen MR) is 231 cm³/mol.